The molecule has 1 heterocycles. The summed E-state index contributed by atoms with van der Waals surface area (Å²) in [6, 6.07) is -4.59. The zero-order valence-corrected chi connectivity index (χ0v) is 26.1. The van der Waals surface area contributed by atoms with E-state index in [2.05, 4.69) is 16.0 Å². The van der Waals surface area contributed by atoms with Crippen molar-refractivity contribution in [3.05, 3.63) is 0 Å². The van der Waals surface area contributed by atoms with E-state index in [4.69, 9.17) is 10.5 Å². The van der Waals surface area contributed by atoms with Crippen molar-refractivity contribution in [3.63, 3.8) is 0 Å². The highest BCUT2D eigenvalue weighted by molar-refractivity contribution is 6.37. The molecule has 0 spiro atoms. The van der Waals surface area contributed by atoms with Gasteiger partial charge >= 0.3 is 12.0 Å². The monoisotopic (exact) mass is 591 g/mol. The third-order valence-electron chi connectivity index (χ3n) is 8.16. The Balaban J connectivity index is 1.73. The van der Waals surface area contributed by atoms with Gasteiger partial charge in [-0.05, 0) is 54.3 Å². The molecule has 0 aromatic carbocycles. The number of ether oxygens (including phenoxy) is 1. The maximum absolute atomic E-state index is 14.0. The van der Waals surface area contributed by atoms with Crippen LogP contribution < -0.4 is 21.7 Å². The molecular formula is C30H49N5O7. The van der Waals surface area contributed by atoms with Crippen molar-refractivity contribution in [2.45, 2.75) is 111 Å². The second kappa shape index (κ2) is 13.0. The van der Waals surface area contributed by atoms with Gasteiger partial charge in [0.15, 0.2) is 0 Å². The molecule has 3 rings (SSSR count). The van der Waals surface area contributed by atoms with Gasteiger partial charge in [0.1, 0.15) is 18.1 Å². The van der Waals surface area contributed by atoms with Gasteiger partial charge in [-0.1, -0.05) is 61.3 Å². The maximum Gasteiger partial charge on any atom is 0.329 e. The molecule has 3 fully saturated rings. The highest BCUT2D eigenvalue weighted by Crippen LogP contribution is 2.34. The second-order valence-electron chi connectivity index (χ2n) is 14.6. The van der Waals surface area contributed by atoms with Gasteiger partial charge in [-0.2, -0.15) is 0 Å². The number of nitrogens with one attached hydrogen (secondary N) is 3. The van der Waals surface area contributed by atoms with Gasteiger partial charge < -0.3 is 31.3 Å². The van der Waals surface area contributed by atoms with Crippen molar-refractivity contribution in [2.75, 3.05) is 13.2 Å². The molecule has 3 aliphatic rings. The predicted molar refractivity (Wildman–Crippen MR) is 155 cm³/mol. The van der Waals surface area contributed by atoms with Gasteiger partial charge in [-0.3, -0.25) is 19.2 Å². The van der Waals surface area contributed by atoms with Crippen molar-refractivity contribution in [3.8, 4) is 0 Å². The van der Waals surface area contributed by atoms with E-state index >= 15 is 0 Å². The van der Waals surface area contributed by atoms with E-state index in [1.807, 2.05) is 27.7 Å². The fourth-order valence-electron chi connectivity index (χ4n) is 5.21. The second-order valence-corrected chi connectivity index (χ2v) is 14.6. The minimum absolute atomic E-state index is 0.0145. The van der Waals surface area contributed by atoms with E-state index in [9.17, 15) is 28.8 Å². The van der Waals surface area contributed by atoms with Crippen molar-refractivity contribution in [2.24, 2.45) is 34.3 Å². The summed E-state index contributed by atoms with van der Waals surface area (Å²) in [7, 11) is 0. The topological polar surface area (TPSA) is 177 Å². The van der Waals surface area contributed by atoms with E-state index in [-0.39, 0.29) is 18.4 Å². The van der Waals surface area contributed by atoms with Crippen molar-refractivity contribution in [1.29, 1.82) is 0 Å². The van der Waals surface area contributed by atoms with Gasteiger partial charge in [0, 0.05) is 6.54 Å². The van der Waals surface area contributed by atoms with Gasteiger partial charge in [-0.25, -0.2) is 9.59 Å². The molecule has 236 valence electrons. The lowest BCUT2D eigenvalue weighted by Crippen LogP contribution is -2.61. The molecule has 12 heteroatoms. The Labute approximate surface area is 248 Å². The van der Waals surface area contributed by atoms with Gasteiger partial charge in [0.2, 0.25) is 17.6 Å². The minimum atomic E-state index is -1.11. The number of hydrogen-bond donors (Lipinski definition) is 4. The van der Waals surface area contributed by atoms with Crippen LogP contribution in [0.4, 0.5) is 4.79 Å². The largest absolute Gasteiger partial charge is 0.464 e. The number of amides is 5. The van der Waals surface area contributed by atoms with Crippen LogP contribution in [0, 0.1) is 28.6 Å². The van der Waals surface area contributed by atoms with Crippen LogP contribution in [0.15, 0.2) is 0 Å². The highest BCUT2D eigenvalue weighted by atomic mass is 16.5. The third kappa shape index (κ3) is 9.16. The minimum Gasteiger partial charge on any atom is -0.464 e. The van der Waals surface area contributed by atoms with E-state index < -0.39 is 70.5 Å². The van der Waals surface area contributed by atoms with Crippen LogP contribution in [0.3, 0.4) is 0 Å². The number of primary amides is 1. The van der Waals surface area contributed by atoms with E-state index in [0.29, 0.717) is 25.4 Å². The molecule has 1 unspecified atom stereocenters. The first-order chi connectivity index (χ1) is 19.4. The Bertz CT molecular complexity index is 1070. The number of carbonyl (C=O) groups is 6. The average molecular weight is 592 g/mol. The van der Waals surface area contributed by atoms with Gasteiger partial charge in [0.05, 0.1) is 12.6 Å². The lowest BCUT2D eigenvalue weighted by atomic mass is 9.85. The van der Waals surface area contributed by atoms with Crippen LogP contribution in [0.5, 0.6) is 0 Å². The number of hydrogen-bond acceptors (Lipinski definition) is 7. The molecule has 12 nitrogen and oxygen atoms in total. The molecule has 1 aliphatic heterocycles. The number of likely N-dealkylation sites (tertiary alicyclic amines) is 1. The number of urea groups is 1. The zero-order chi connectivity index (χ0) is 31.6. The van der Waals surface area contributed by atoms with Gasteiger partial charge in [0.25, 0.3) is 5.91 Å². The Morgan fingerprint density at radius 1 is 0.857 bits per heavy atom. The third-order valence-corrected chi connectivity index (χ3v) is 8.16. The Morgan fingerprint density at radius 2 is 1.40 bits per heavy atom. The standard InChI is InChI=1S/C30H49N5O7/c1-16-12-20(25(38)32-19(13-17-8-9-17)21(36)24(31)37)35(14-16)26(39)22(29(2,3)4)33-28(41)34-23(30(5,6)7)27(40)42-15-18-10-11-18/h16-20,22-23H,8-15H2,1-7H3,(H2,31,37)(H,32,38)(H2,33,34,41)/t16-,19?,20+,22-,23-/m1/s1. The first kappa shape index (κ1) is 33.3. The van der Waals surface area contributed by atoms with Crippen molar-refractivity contribution in [1.82, 2.24) is 20.9 Å². The van der Waals surface area contributed by atoms with Crippen LogP contribution >= 0.6 is 0 Å². The number of nitrogens with two attached hydrogens (primary N) is 1. The molecule has 5 N–H and O–H groups in total. The number of esters is 1. The quantitative estimate of drug-likeness (QED) is 0.197. The summed E-state index contributed by atoms with van der Waals surface area (Å²) in [5.74, 6) is -2.87. The zero-order valence-electron chi connectivity index (χ0n) is 26.1. The molecule has 0 bridgehead atoms. The lowest BCUT2D eigenvalue weighted by Gasteiger charge is -2.36. The van der Waals surface area contributed by atoms with Crippen LogP contribution in [0.1, 0.15) is 87.0 Å². The Morgan fingerprint density at radius 3 is 1.90 bits per heavy atom. The summed E-state index contributed by atoms with van der Waals surface area (Å²) >= 11 is 0. The highest BCUT2D eigenvalue weighted by Gasteiger charge is 2.45. The van der Waals surface area contributed by atoms with Crippen LogP contribution in [0.2, 0.25) is 0 Å². The van der Waals surface area contributed by atoms with E-state index in [0.717, 1.165) is 25.7 Å². The summed E-state index contributed by atoms with van der Waals surface area (Å²) in [6.45, 7) is 13.4. The van der Waals surface area contributed by atoms with Crippen molar-refractivity contribution >= 4 is 35.5 Å². The summed E-state index contributed by atoms with van der Waals surface area (Å²) in [6.07, 6.45) is 4.56. The predicted octanol–water partition coefficient (Wildman–Crippen LogP) is 1.64. The average Bonchev–Trinajstić information content (AvgIpc) is 3.81. The fourth-order valence-corrected chi connectivity index (χ4v) is 5.21. The summed E-state index contributed by atoms with van der Waals surface area (Å²) in [5.41, 5.74) is 3.83. The van der Waals surface area contributed by atoms with Crippen LogP contribution in [0.25, 0.3) is 0 Å². The molecule has 1 saturated heterocycles. The molecule has 2 saturated carbocycles. The van der Waals surface area contributed by atoms with E-state index in [1.54, 1.807) is 20.8 Å². The molecule has 0 aromatic rings. The molecule has 0 radical (unpaired) electrons. The molecule has 42 heavy (non-hydrogen) atoms. The Kier molecular flexibility index (Phi) is 10.3. The maximum atomic E-state index is 14.0. The number of rotatable bonds is 12. The number of carbonyl (C=O) groups excluding carboxylic acids is 6. The van der Waals surface area contributed by atoms with E-state index in [1.165, 1.54) is 4.90 Å². The summed E-state index contributed by atoms with van der Waals surface area (Å²) in [5, 5.41) is 8.14. The molecular weight excluding hydrogens is 542 g/mol. The number of nitrogens with zero attached hydrogens (tertiary/aromatic N) is 1. The summed E-state index contributed by atoms with van der Waals surface area (Å²) < 4.78 is 5.45. The normalized spacial score (nSPS) is 22.9. The Hall–Kier alpha value is -3.18. The molecule has 5 amide bonds. The first-order valence-corrected chi connectivity index (χ1v) is 15.1. The fraction of sp³-hybridized carbons (Fsp3) is 0.800. The van der Waals surface area contributed by atoms with Crippen LogP contribution in [-0.2, 0) is 28.7 Å². The SMILES string of the molecule is C[C@@H]1C[C@@H](C(=O)NC(CC2CC2)C(=O)C(N)=O)N(C(=O)[C@@H](NC(=O)N[C@H](C(=O)OCC2CC2)C(C)(C)C)C(C)(C)C)C1. The molecule has 0 aromatic heterocycles. The first-order valence-electron chi connectivity index (χ1n) is 15.1. The molecule has 2 aliphatic carbocycles. The lowest BCUT2D eigenvalue weighted by molar-refractivity contribution is -0.149. The summed E-state index contributed by atoms with van der Waals surface area (Å²) in [4.78, 5) is 79.0. The number of ketones is 1. The smallest absolute Gasteiger partial charge is 0.329 e. The number of Topliss-reactive ketones (excluding diaryl/α,β-unsaturated/α-hetero) is 1. The molecule has 5 atom stereocenters. The van der Waals surface area contributed by atoms with Crippen LogP contribution in [-0.4, -0.2) is 77.7 Å². The van der Waals surface area contributed by atoms with Gasteiger partial charge in [-0.15, -0.1) is 0 Å². The van der Waals surface area contributed by atoms with Crippen molar-refractivity contribution < 1.29 is 33.5 Å².